The molecule has 2 fully saturated rings. The first kappa shape index (κ1) is 17.8. The number of hydrogen-bond acceptors (Lipinski definition) is 7. The SMILES string of the molecule is COc1ccc(C2=NO[C@@H]3[C@H]4CO[C@H](O4)/C(=N/NC(=O)c4ccccc4)[C@H]23)cc1. The number of oxime groups is 1. The van der Waals surface area contributed by atoms with Crippen molar-refractivity contribution in [1.82, 2.24) is 5.43 Å². The number of rotatable bonds is 4. The molecule has 1 amide bonds. The summed E-state index contributed by atoms with van der Waals surface area (Å²) >= 11 is 0. The zero-order valence-electron chi connectivity index (χ0n) is 15.6. The van der Waals surface area contributed by atoms with Crippen molar-refractivity contribution in [2.45, 2.75) is 18.5 Å². The van der Waals surface area contributed by atoms with Gasteiger partial charge in [0.15, 0.2) is 12.4 Å². The minimum absolute atomic E-state index is 0.228. The fourth-order valence-corrected chi connectivity index (χ4v) is 3.76. The van der Waals surface area contributed by atoms with E-state index in [-0.39, 0.29) is 24.0 Å². The Morgan fingerprint density at radius 3 is 2.72 bits per heavy atom. The van der Waals surface area contributed by atoms with Crippen molar-refractivity contribution in [2.75, 3.05) is 13.7 Å². The number of fused-ring (bicyclic) bond motifs is 4. The smallest absolute Gasteiger partial charge is 0.271 e. The van der Waals surface area contributed by atoms with Crippen LogP contribution in [-0.2, 0) is 14.3 Å². The first-order valence-corrected chi connectivity index (χ1v) is 9.32. The highest BCUT2D eigenvalue weighted by atomic mass is 16.7. The molecule has 148 valence electrons. The summed E-state index contributed by atoms with van der Waals surface area (Å²) in [6, 6.07) is 16.5. The molecular formula is C21H19N3O5. The highest BCUT2D eigenvalue weighted by Gasteiger charge is 2.55. The molecule has 3 aliphatic rings. The molecule has 3 heterocycles. The Balaban J connectivity index is 1.44. The van der Waals surface area contributed by atoms with E-state index >= 15 is 0 Å². The van der Waals surface area contributed by atoms with Crippen molar-refractivity contribution in [1.29, 1.82) is 0 Å². The highest BCUT2D eigenvalue weighted by Crippen LogP contribution is 2.38. The van der Waals surface area contributed by atoms with Crippen LogP contribution in [0.5, 0.6) is 5.75 Å². The van der Waals surface area contributed by atoms with Crippen LogP contribution < -0.4 is 10.2 Å². The number of hydrogen-bond donors (Lipinski definition) is 1. The monoisotopic (exact) mass is 393 g/mol. The lowest BCUT2D eigenvalue weighted by Crippen LogP contribution is -2.49. The molecule has 8 nitrogen and oxygen atoms in total. The van der Waals surface area contributed by atoms with Gasteiger partial charge in [0.2, 0.25) is 0 Å². The number of carbonyl (C=O) groups excluding carboxylic acids is 1. The molecule has 2 bridgehead atoms. The molecule has 1 N–H and O–H groups in total. The molecule has 4 atom stereocenters. The van der Waals surface area contributed by atoms with Gasteiger partial charge in [-0.25, -0.2) is 5.43 Å². The average Bonchev–Trinajstić information content (AvgIpc) is 3.40. The van der Waals surface area contributed by atoms with Crippen molar-refractivity contribution in [3.05, 3.63) is 65.7 Å². The molecule has 0 unspecified atom stereocenters. The molecule has 0 aliphatic carbocycles. The summed E-state index contributed by atoms with van der Waals surface area (Å²) in [5.74, 6) is 0.173. The third kappa shape index (κ3) is 3.16. The summed E-state index contributed by atoms with van der Waals surface area (Å²) in [4.78, 5) is 18.1. The number of benzene rings is 2. The van der Waals surface area contributed by atoms with E-state index < -0.39 is 6.29 Å². The number of methoxy groups -OCH3 is 1. The van der Waals surface area contributed by atoms with Gasteiger partial charge in [-0.05, 0) is 36.4 Å². The van der Waals surface area contributed by atoms with Crippen LogP contribution in [0.25, 0.3) is 0 Å². The molecule has 2 aromatic rings. The van der Waals surface area contributed by atoms with E-state index in [4.69, 9.17) is 19.0 Å². The first-order valence-electron chi connectivity index (χ1n) is 9.32. The largest absolute Gasteiger partial charge is 0.497 e. The number of ether oxygens (including phenoxy) is 3. The van der Waals surface area contributed by atoms with E-state index in [9.17, 15) is 4.79 Å². The summed E-state index contributed by atoms with van der Waals surface area (Å²) < 4.78 is 16.8. The molecule has 29 heavy (non-hydrogen) atoms. The lowest BCUT2D eigenvalue weighted by atomic mass is 9.84. The summed E-state index contributed by atoms with van der Waals surface area (Å²) in [6.45, 7) is 0.392. The third-order valence-electron chi connectivity index (χ3n) is 5.24. The van der Waals surface area contributed by atoms with Gasteiger partial charge in [-0.2, -0.15) is 5.10 Å². The number of carbonyl (C=O) groups is 1. The average molecular weight is 393 g/mol. The molecule has 5 rings (SSSR count). The zero-order chi connectivity index (χ0) is 19.8. The van der Waals surface area contributed by atoms with Gasteiger partial charge in [0.25, 0.3) is 5.91 Å². The predicted molar refractivity (Wildman–Crippen MR) is 104 cm³/mol. The van der Waals surface area contributed by atoms with Gasteiger partial charge in [0.1, 0.15) is 17.6 Å². The van der Waals surface area contributed by atoms with Gasteiger partial charge in [0.05, 0.1) is 25.3 Å². The second-order valence-electron chi connectivity index (χ2n) is 6.94. The Morgan fingerprint density at radius 2 is 1.97 bits per heavy atom. The lowest BCUT2D eigenvalue weighted by molar-refractivity contribution is -0.0812. The third-order valence-corrected chi connectivity index (χ3v) is 5.24. The fraction of sp³-hybridized carbons (Fsp3) is 0.286. The second-order valence-corrected chi connectivity index (χ2v) is 6.94. The summed E-state index contributed by atoms with van der Waals surface area (Å²) in [7, 11) is 1.62. The standard InChI is InChI=1S/C21H19N3O5/c1-26-14-9-7-12(8-10-14)17-16-18(21-27-11-15(28-21)19(16)29-24-17)22-23-20(25)13-5-3-2-4-6-13/h2-10,15-16,19,21H,11H2,1H3,(H,23,25)/b22-18+/t15-,16+,19-,21-/m1/s1. The van der Waals surface area contributed by atoms with Crippen LogP contribution in [0.15, 0.2) is 64.9 Å². The molecule has 0 radical (unpaired) electrons. The Morgan fingerprint density at radius 1 is 1.17 bits per heavy atom. The van der Waals surface area contributed by atoms with E-state index in [2.05, 4.69) is 15.7 Å². The molecule has 3 aliphatic heterocycles. The fourth-order valence-electron chi connectivity index (χ4n) is 3.76. The van der Waals surface area contributed by atoms with E-state index in [1.165, 1.54) is 0 Å². The quantitative estimate of drug-likeness (QED) is 0.802. The number of hydrazone groups is 1. The Bertz CT molecular complexity index is 974. The summed E-state index contributed by atoms with van der Waals surface area (Å²) in [5.41, 5.74) is 5.29. The molecule has 2 aromatic carbocycles. The Hall–Kier alpha value is -3.23. The van der Waals surface area contributed by atoms with Crippen LogP contribution >= 0.6 is 0 Å². The molecule has 2 saturated heterocycles. The summed E-state index contributed by atoms with van der Waals surface area (Å²) in [5, 5.41) is 8.68. The van der Waals surface area contributed by atoms with Crippen molar-refractivity contribution in [3.8, 4) is 5.75 Å². The maximum absolute atomic E-state index is 12.4. The van der Waals surface area contributed by atoms with Crippen LogP contribution in [0.1, 0.15) is 15.9 Å². The van der Waals surface area contributed by atoms with E-state index in [1.807, 2.05) is 30.3 Å². The topological polar surface area (TPSA) is 90.7 Å². The van der Waals surface area contributed by atoms with Crippen LogP contribution in [0.4, 0.5) is 0 Å². The van der Waals surface area contributed by atoms with E-state index in [1.54, 1.807) is 31.4 Å². The first-order chi connectivity index (χ1) is 14.2. The lowest BCUT2D eigenvalue weighted by Gasteiger charge is -2.30. The van der Waals surface area contributed by atoms with E-state index in [0.717, 1.165) is 17.0 Å². The van der Waals surface area contributed by atoms with Crippen LogP contribution in [0.3, 0.4) is 0 Å². The van der Waals surface area contributed by atoms with Gasteiger partial charge < -0.3 is 19.0 Å². The number of nitrogens with zero attached hydrogens (tertiary/aromatic N) is 2. The molecule has 0 saturated carbocycles. The predicted octanol–water partition coefficient (Wildman–Crippen LogP) is 1.96. The molecule has 0 spiro atoms. The Labute approximate surface area is 167 Å². The Kier molecular flexibility index (Phi) is 4.49. The normalized spacial score (nSPS) is 28.4. The number of amides is 1. The maximum atomic E-state index is 12.4. The van der Waals surface area contributed by atoms with Crippen molar-refractivity contribution < 1.29 is 23.8 Å². The maximum Gasteiger partial charge on any atom is 0.271 e. The zero-order valence-corrected chi connectivity index (χ0v) is 15.6. The van der Waals surface area contributed by atoms with Gasteiger partial charge in [-0.3, -0.25) is 4.79 Å². The van der Waals surface area contributed by atoms with Gasteiger partial charge >= 0.3 is 0 Å². The van der Waals surface area contributed by atoms with Gasteiger partial charge in [0, 0.05) is 11.1 Å². The van der Waals surface area contributed by atoms with Crippen LogP contribution in [-0.4, -0.2) is 49.5 Å². The molecular weight excluding hydrogens is 374 g/mol. The van der Waals surface area contributed by atoms with Crippen molar-refractivity contribution >= 4 is 17.3 Å². The van der Waals surface area contributed by atoms with Crippen molar-refractivity contribution in [3.63, 3.8) is 0 Å². The second kappa shape index (κ2) is 7.31. The van der Waals surface area contributed by atoms with Gasteiger partial charge in [-0.15, -0.1) is 0 Å². The highest BCUT2D eigenvalue weighted by molar-refractivity contribution is 6.17. The van der Waals surface area contributed by atoms with E-state index in [0.29, 0.717) is 17.9 Å². The minimum Gasteiger partial charge on any atom is -0.497 e. The van der Waals surface area contributed by atoms with Crippen LogP contribution in [0.2, 0.25) is 0 Å². The molecule has 0 aromatic heterocycles. The van der Waals surface area contributed by atoms with Gasteiger partial charge in [-0.1, -0.05) is 23.4 Å². The number of nitrogens with one attached hydrogen (secondary N) is 1. The summed E-state index contributed by atoms with van der Waals surface area (Å²) in [6.07, 6.45) is -1.21. The molecule has 8 heteroatoms. The van der Waals surface area contributed by atoms with Crippen molar-refractivity contribution in [2.24, 2.45) is 16.2 Å². The minimum atomic E-state index is -0.637. The van der Waals surface area contributed by atoms with Crippen LogP contribution in [0, 0.1) is 5.92 Å².